The zero-order valence-electron chi connectivity index (χ0n) is 11.4. The van der Waals surface area contributed by atoms with Crippen molar-refractivity contribution in [1.82, 2.24) is 9.27 Å². The van der Waals surface area contributed by atoms with E-state index in [4.69, 9.17) is 0 Å². The molecule has 0 unspecified atom stereocenters. The first kappa shape index (κ1) is 13.8. The van der Waals surface area contributed by atoms with E-state index < -0.39 is 0 Å². The van der Waals surface area contributed by atoms with Gasteiger partial charge >= 0.3 is 0 Å². The van der Waals surface area contributed by atoms with E-state index in [9.17, 15) is 9.59 Å². The largest absolute Gasteiger partial charge is 0.339 e. The van der Waals surface area contributed by atoms with Crippen molar-refractivity contribution in [1.29, 1.82) is 0 Å². The molecule has 0 atom stereocenters. The summed E-state index contributed by atoms with van der Waals surface area (Å²) in [6.45, 7) is 1.63. The maximum atomic E-state index is 12.3. The Kier molecular flexibility index (Phi) is 3.96. The van der Waals surface area contributed by atoms with Gasteiger partial charge in [0.1, 0.15) is 0 Å². The maximum Gasteiger partial charge on any atom is 0.258 e. The van der Waals surface area contributed by atoms with Crippen molar-refractivity contribution in [2.75, 3.05) is 18.4 Å². The number of carbonyl (C=O) groups is 2. The number of benzene rings is 1. The van der Waals surface area contributed by atoms with Crippen LogP contribution in [0.4, 0.5) is 5.69 Å². The first-order chi connectivity index (χ1) is 10.2. The lowest BCUT2D eigenvalue weighted by molar-refractivity contribution is 0.0792. The van der Waals surface area contributed by atoms with E-state index in [1.165, 1.54) is 17.7 Å². The van der Waals surface area contributed by atoms with Crippen LogP contribution < -0.4 is 5.32 Å². The Morgan fingerprint density at radius 2 is 2.00 bits per heavy atom. The molecule has 21 heavy (non-hydrogen) atoms. The molecule has 0 radical (unpaired) electrons. The molecule has 1 aromatic heterocycles. The minimum atomic E-state index is -0.213. The van der Waals surface area contributed by atoms with Crippen LogP contribution >= 0.6 is 11.5 Å². The number of rotatable bonds is 3. The smallest absolute Gasteiger partial charge is 0.258 e. The Balaban J connectivity index is 1.74. The first-order valence-electron chi connectivity index (χ1n) is 6.84. The third-order valence-corrected chi connectivity index (χ3v) is 4.04. The minimum Gasteiger partial charge on any atom is -0.339 e. The van der Waals surface area contributed by atoms with E-state index in [2.05, 4.69) is 9.69 Å². The SMILES string of the molecule is O=C(Nc1cccc(C(=O)N2CCCC2)c1)c1cnsc1. The minimum absolute atomic E-state index is 0.0285. The highest BCUT2D eigenvalue weighted by Crippen LogP contribution is 2.17. The van der Waals surface area contributed by atoms with Crippen LogP contribution in [0.5, 0.6) is 0 Å². The molecule has 0 aliphatic carbocycles. The molecule has 0 bridgehead atoms. The van der Waals surface area contributed by atoms with Gasteiger partial charge in [0.05, 0.1) is 11.8 Å². The van der Waals surface area contributed by atoms with E-state index in [1.807, 2.05) is 4.90 Å². The predicted molar refractivity (Wildman–Crippen MR) is 81.6 cm³/mol. The Bertz CT molecular complexity index is 649. The number of hydrogen-bond acceptors (Lipinski definition) is 4. The van der Waals surface area contributed by atoms with Gasteiger partial charge in [-0.15, -0.1) is 0 Å². The summed E-state index contributed by atoms with van der Waals surface area (Å²) in [5.41, 5.74) is 1.76. The lowest BCUT2D eigenvalue weighted by Crippen LogP contribution is -2.27. The fourth-order valence-electron chi connectivity index (χ4n) is 2.35. The van der Waals surface area contributed by atoms with Gasteiger partial charge in [-0.25, -0.2) is 4.37 Å². The number of carbonyl (C=O) groups excluding carboxylic acids is 2. The number of nitrogens with zero attached hydrogens (tertiary/aromatic N) is 2. The second kappa shape index (κ2) is 6.05. The molecule has 1 aromatic carbocycles. The summed E-state index contributed by atoms with van der Waals surface area (Å²) in [7, 11) is 0. The molecule has 6 heteroatoms. The van der Waals surface area contributed by atoms with Gasteiger partial charge in [-0.2, -0.15) is 0 Å². The van der Waals surface area contributed by atoms with Crippen LogP contribution in [0.2, 0.25) is 0 Å². The molecular formula is C15H15N3O2S. The number of anilines is 1. The topological polar surface area (TPSA) is 62.3 Å². The van der Waals surface area contributed by atoms with Gasteiger partial charge in [0, 0.05) is 29.7 Å². The third-order valence-electron chi connectivity index (χ3n) is 3.46. The van der Waals surface area contributed by atoms with Gasteiger partial charge in [-0.05, 0) is 42.6 Å². The highest BCUT2D eigenvalue weighted by molar-refractivity contribution is 7.03. The molecule has 2 amide bonds. The van der Waals surface area contributed by atoms with Crippen molar-refractivity contribution >= 4 is 29.0 Å². The van der Waals surface area contributed by atoms with Crippen LogP contribution in [0.3, 0.4) is 0 Å². The molecule has 1 aliphatic heterocycles. The normalized spacial score (nSPS) is 14.2. The van der Waals surface area contributed by atoms with Gasteiger partial charge in [-0.3, -0.25) is 9.59 Å². The standard InChI is InChI=1S/C15H15N3O2S/c19-14(12-9-16-21-10-12)17-13-5-3-4-11(8-13)15(20)18-6-1-2-7-18/h3-5,8-10H,1-2,6-7H2,(H,17,19). The average molecular weight is 301 g/mol. The van der Waals surface area contributed by atoms with Crippen molar-refractivity contribution in [3.8, 4) is 0 Å². The van der Waals surface area contributed by atoms with Crippen LogP contribution in [0, 0.1) is 0 Å². The fourth-order valence-corrected chi connectivity index (χ4v) is 2.87. The van der Waals surface area contributed by atoms with Crippen LogP contribution in [-0.4, -0.2) is 34.2 Å². The molecule has 2 heterocycles. The third kappa shape index (κ3) is 3.11. The zero-order valence-corrected chi connectivity index (χ0v) is 12.2. The highest BCUT2D eigenvalue weighted by Gasteiger charge is 2.19. The summed E-state index contributed by atoms with van der Waals surface area (Å²) in [6.07, 6.45) is 3.65. The van der Waals surface area contributed by atoms with Gasteiger partial charge < -0.3 is 10.2 Å². The first-order valence-corrected chi connectivity index (χ1v) is 7.68. The van der Waals surface area contributed by atoms with Crippen molar-refractivity contribution in [2.45, 2.75) is 12.8 Å². The van der Waals surface area contributed by atoms with Crippen molar-refractivity contribution in [3.63, 3.8) is 0 Å². The number of aromatic nitrogens is 1. The molecule has 1 N–H and O–H groups in total. The van der Waals surface area contributed by atoms with Gasteiger partial charge in [0.15, 0.2) is 0 Å². The van der Waals surface area contributed by atoms with E-state index in [1.54, 1.807) is 29.6 Å². The van der Waals surface area contributed by atoms with Crippen LogP contribution in [0.25, 0.3) is 0 Å². The summed E-state index contributed by atoms with van der Waals surface area (Å²) in [5, 5.41) is 4.48. The number of amides is 2. The molecule has 3 rings (SSSR count). The molecule has 5 nitrogen and oxygen atoms in total. The van der Waals surface area contributed by atoms with E-state index >= 15 is 0 Å². The zero-order chi connectivity index (χ0) is 14.7. The maximum absolute atomic E-state index is 12.3. The second-order valence-corrected chi connectivity index (χ2v) is 5.60. The quantitative estimate of drug-likeness (QED) is 0.948. The van der Waals surface area contributed by atoms with Crippen molar-refractivity contribution in [3.05, 3.63) is 47.0 Å². The van der Waals surface area contributed by atoms with Gasteiger partial charge in [0.2, 0.25) is 0 Å². The van der Waals surface area contributed by atoms with E-state index in [0.717, 1.165) is 25.9 Å². The summed E-state index contributed by atoms with van der Waals surface area (Å²) in [6, 6.07) is 7.06. The van der Waals surface area contributed by atoms with Gasteiger partial charge in [0.25, 0.3) is 11.8 Å². The Morgan fingerprint density at radius 1 is 1.19 bits per heavy atom. The Morgan fingerprint density at radius 3 is 2.71 bits per heavy atom. The van der Waals surface area contributed by atoms with Gasteiger partial charge in [-0.1, -0.05) is 6.07 Å². The van der Waals surface area contributed by atoms with E-state index in [0.29, 0.717) is 16.8 Å². The summed E-state index contributed by atoms with van der Waals surface area (Å²) in [4.78, 5) is 26.1. The van der Waals surface area contributed by atoms with Crippen LogP contribution in [0.1, 0.15) is 33.6 Å². The number of hydrogen-bond donors (Lipinski definition) is 1. The molecule has 108 valence electrons. The molecule has 2 aromatic rings. The van der Waals surface area contributed by atoms with Crippen LogP contribution in [0.15, 0.2) is 35.8 Å². The molecule has 0 saturated carbocycles. The van der Waals surface area contributed by atoms with Crippen molar-refractivity contribution < 1.29 is 9.59 Å². The molecule has 0 spiro atoms. The summed E-state index contributed by atoms with van der Waals surface area (Å²) >= 11 is 1.23. The van der Waals surface area contributed by atoms with Crippen molar-refractivity contribution in [2.24, 2.45) is 0 Å². The monoisotopic (exact) mass is 301 g/mol. The summed E-state index contributed by atoms with van der Waals surface area (Å²) < 4.78 is 3.90. The Labute approximate surface area is 126 Å². The molecule has 1 aliphatic rings. The number of likely N-dealkylation sites (tertiary alicyclic amines) is 1. The lowest BCUT2D eigenvalue weighted by atomic mass is 10.1. The second-order valence-electron chi connectivity index (χ2n) is 4.95. The van der Waals surface area contributed by atoms with E-state index in [-0.39, 0.29) is 11.8 Å². The number of nitrogens with one attached hydrogen (secondary N) is 1. The predicted octanol–water partition coefficient (Wildman–Crippen LogP) is 2.63. The Hall–Kier alpha value is -2.21. The van der Waals surface area contributed by atoms with Crippen LogP contribution in [-0.2, 0) is 0 Å². The molecule has 1 fully saturated rings. The molecule has 1 saturated heterocycles. The molecular weight excluding hydrogens is 286 g/mol. The lowest BCUT2D eigenvalue weighted by Gasteiger charge is -2.15. The summed E-state index contributed by atoms with van der Waals surface area (Å²) in [5.74, 6) is -0.185. The average Bonchev–Trinajstić information content (AvgIpc) is 3.20. The fraction of sp³-hybridized carbons (Fsp3) is 0.267. The highest BCUT2D eigenvalue weighted by atomic mass is 32.1.